The van der Waals surface area contributed by atoms with Crippen molar-refractivity contribution in [2.45, 2.75) is 58.9 Å². The number of hydrogen-bond acceptors (Lipinski definition) is 3. The van der Waals surface area contributed by atoms with Gasteiger partial charge < -0.3 is 11.1 Å². The molecule has 0 radical (unpaired) electrons. The third-order valence-corrected chi connectivity index (χ3v) is 3.48. The molecule has 1 rings (SSSR count). The zero-order valence-electron chi connectivity index (χ0n) is 12.9. The zero-order chi connectivity index (χ0) is 15.0. The molecule has 0 saturated carbocycles. The lowest BCUT2D eigenvalue weighted by Gasteiger charge is -2.15. The van der Waals surface area contributed by atoms with Gasteiger partial charge in [0.25, 0.3) is 0 Å². The van der Waals surface area contributed by atoms with Crippen LogP contribution in [0.5, 0.6) is 0 Å². The Morgan fingerprint density at radius 1 is 1.40 bits per heavy atom. The van der Waals surface area contributed by atoms with Crippen LogP contribution in [-0.4, -0.2) is 22.2 Å². The van der Waals surface area contributed by atoms with E-state index in [1.54, 1.807) is 6.20 Å². The van der Waals surface area contributed by atoms with Crippen LogP contribution < -0.4 is 11.1 Å². The zero-order valence-corrected chi connectivity index (χ0v) is 12.9. The quantitative estimate of drug-likeness (QED) is 0.730. The summed E-state index contributed by atoms with van der Waals surface area (Å²) in [7, 11) is 0. The van der Waals surface area contributed by atoms with Gasteiger partial charge in [0.15, 0.2) is 0 Å². The van der Waals surface area contributed by atoms with Crippen molar-refractivity contribution >= 4 is 11.7 Å². The lowest BCUT2D eigenvalue weighted by molar-refractivity contribution is -0.116. The summed E-state index contributed by atoms with van der Waals surface area (Å²) >= 11 is 0. The molecule has 0 aliphatic carbocycles. The Kier molecular flexibility index (Phi) is 7.30. The average Bonchev–Trinajstić information content (AvgIpc) is 2.84. The smallest absolute Gasteiger partial charge is 0.225 e. The molecular weight excluding hydrogens is 252 g/mol. The third-order valence-electron chi connectivity index (χ3n) is 3.48. The second-order valence-electron chi connectivity index (χ2n) is 5.57. The fourth-order valence-corrected chi connectivity index (χ4v) is 2.44. The van der Waals surface area contributed by atoms with Crippen LogP contribution in [0.2, 0.25) is 0 Å². The molecule has 0 saturated heterocycles. The van der Waals surface area contributed by atoms with Crippen molar-refractivity contribution in [1.29, 1.82) is 0 Å². The maximum atomic E-state index is 12.0. The Morgan fingerprint density at radius 2 is 2.15 bits per heavy atom. The Bertz CT molecular complexity index is 394. The van der Waals surface area contributed by atoms with E-state index in [1.165, 1.54) is 0 Å². The normalized spacial score (nSPS) is 12.7. The number of aromatic nitrogens is 2. The standard InChI is InChI=1S/C15H28N4O/c1-4-5-13(8-10-16)6-7-15(20)18-14-9-11-17-19(14)12(2)3/h9,11-13H,4-8,10,16H2,1-3H3,(H,18,20). The summed E-state index contributed by atoms with van der Waals surface area (Å²) in [5.74, 6) is 1.40. The molecule has 1 aromatic rings. The molecule has 0 aliphatic heterocycles. The van der Waals surface area contributed by atoms with E-state index in [4.69, 9.17) is 5.73 Å². The molecule has 1 amide bonds. The van der Waals surface area contributed by atoms with Gasteiger partial charge in [0, 0.05) is 18.5 Å². The lowest BCUT2D eigenvalue weighted by atomic mass is 9.94. The first-order valence-corrected chi connectivity index (χ1v) is 7.61. The van der Waals surface area contributed by atoms with Crippen LogP contribution in [0, 0.1) is 5.92 Å². The molecule has 20 heavy (non-hydrogen) atoms. The number of hydrogen-bond donors (Lipinski definition) is 2. The monoisotopic (exact) mass is 280 g/mol. The Morgan fingerprint density at radius 3 is 2.75 bits per heavy atom. The van der Waals surface area contributed by atoms with Crippen LogP contribution in [-0.2, 0) is 4.79 Å². The maximum Gasteiger partial charge on any atom is 0.225 e. The van der Waals surface area contributed by atoms with E-state index in [-0.39, 0.29) is 11.9 Å². The predicted molar refractivity (Wildman–Crippen MR) is 82.5 cm³/mol. The van der Waals surface area contributed by atoms with Crippen molar-refractivity contribution < 1.29 is 4.79 Å². The fourth-order valence-electron chi connectivity index (χ4n) is 2.44. The summed E-state index contributed by atoms with van der Waals surface area (Å²) in [6, 6.07) is 2.08. The molecule has 0 fully saturated rings. The van der Waals surface area contributed by atoms with E-state index >= 15 is 0 Å². The predicted octanol–water partition coefficient (Wildman–Crippen LogP) is 2.95. The minimum atomic E-state index is 0.0607. The second-order valence-corrected chi connectivity index (χ2v) is 5.57. The van der Waals surface area contributed by atoms with E-state index in [9.17, 15) is 4.79 Å². The highest BCUT2D eigenvalue weighted by atomic mass is 16.1. The van der Waals surface area contributed by atoms with Gasteiger partial charge in [0.1, 0.15) is 5.82 Å². The van der Waals surface area contributed by atoms with Gasteiger partial charge in [-0.2, -0.15) is 5.10 Å². The van der Waals surface area contributed by atoms with E-state index in [0.717, 1.165) is 31.5 Å². The van der Waals surface area contributed by atoms with E-state index < -0.39 is 0 Å². The van der Waals surface area contributed by atoms with Crippen molar-refractivity contribution in [1.82, 2.24) is 9.78 Å². The molecular formula is C15H28N4O. The van der Waals surface area contributed by atoms with E-state index in [2.05, 4.69) is 17.3 Å². The van der Waals surface area contributed by atoms with Crippen molar-refractivity contribution in [2.24, 2.45) is 11.7 Å². The first-order chi connectivity index (χ1) is 9.58. The first kappa shape index (κ1) is 16.7. The van der Waals surface area contributed by atoms with Crippen molar-refractivity contribution in [3.63, 3.8) is 0 Å². The van der Waals surface area contributed by atoms with Gasteiger partial charge >= 0.3 is 0 Å². The number of nitrogens with two attached hydrogens (primary N) is 1. The van der Waals surface area contributed by atoms with Gasteiger partial charge in [-0.15, -0.1) is 0 Å². The number of rotatable bonds is 9. The topological polar surface area (TPSA) is 72.9 Å². The molecule has 1 atom stereocenters. The van der Waals surface area contributed by atoms with Crippen LogP contribution in [0.3, 0.4) is 0 Å². The van der Waals surface area contributed by atoms with Crippen LogP contribution >= 0.6 is 0 Å². The number of carbonyl (C=O) groups is 1. The van der Waals surface area contributed by atoms with E-state index in [0.29, 0.717) is 18.9 Å². The van der Waals surface area contributed by atoms with Crippen LogP contribution in [0.25, 0.3) is 0 Å². The lowest BCUT2D eigenvalue weighted by Crippen LogP contribution is -2.18. The molecule has 0 spiro atoms. The number of carbonyl (C=O) groups excluding carboxylic acids is 1. The Labute approximate surface area is 121 Å². The number of amides is 1. The molecule has 114 valence electrons. The molecule has 0 aliphatic rings. The summed E-state index contributed by atoms with van der Waals surface area (Å²) in [6.45, 7) is 6.96. The molecule has 5 heteroatoms. The molecule has 1 unspecified atom stereocenters. The minimum absolute atomic E-state index is 0.0607. The van der Waals surface area contributed by atoms with Crippen LogP contribution in [0.4, 0.5) is 5.82 Å². The van der Waals surface area contributed by atoms with Gasteiger partial charge in [-0.1, -0.05) is 19.8 Å². The molecule has 1 heterocycles. The van der Waals surface area contributed by atoms with Crippen LogP contribution in [0.1, 0.15) is 58.9 Å². The summed E-state index contributed by atoms with van der Waals surface area (Å²) in [5, 5.41) is 7.15. The summed E-state index contributed by atoms with van der Waals surface area (Å²) in [4.78, 5) is 12.0. The molecule has 0 bridgehead atoms. The largest absolute Gasteiger partial charge is 0.330 e. The van der Waals surface area contributed by atoms with Gasteiger partial charge in [-0.25, -0.2) is 4.68 Å². The second kappa shape index (κ2) is 8.74. The first-order valence-electron chi connectivity index (χ1n) is 7.61. The van der Waals surface area contributed by atoms with Crippen LogP contribution in [0.15, 0.2) is 12.3 Å². The highest BCUT2D eigenvalue weighted by Gasteiger charge is 2.12. The Balaban J connectivity index is 2.44. The summed E-state index contributed by atoms with van der Waals surface area (Å²) < 4.78 is 1.82. The number of nitrogens with one attached hydrogen (secondary N) is 1. The van der Waals surface area contributed by atoms with E-state index in [1.807, 2.05) is 24.6 Å². The molecule has 3 N–H and O–H groups in total. The third kappa shape index (κ3) is 5.33. The van der Waals surface area contributed by atoms with Crippen molar-refractivity contribution in [3.8, 4) is 0 Å². The molecule has 1 aromatic heterocycles. The highest BCUT2D eigenvalue weighted by molar-refractivity contribution is 5.89. The highest BCUT2D eigenvalue weighted by Crippen LogP contribution is 2.18. The van der Waals surface area contributed by atoms with Crippen molar-refractivity contribution in [3.05, 3.63) is 12.3 Å². The summed E-state index contributed by atoms with van der Waals surface area (Å²) in [5.41, 5.74) is 5.62. The van der Waals surface area contributed by atoms with Crippen molar-refractivity contribution in [2.75, 3.05) is 11.9 Å². The number of anilines is 1. The molecule has 0 aromatic carbocycles. The Hall–Kier alpha value is -1.36. The maximum absolute atomic E-state index is 12.0. The fraction of sp³-hybridized carbons (Fsp3) is 0.733. The molecule has 5 nitrogen and oxygen atoms in total. The van der Waals surface area contributed by atoms with Gasteiger partial charge in [-0.3, -0.25) is 4.79 Å². The minimum Gasteiger partial charge on any atom is -0.330 e. The summed E-state index contributed by atoms with van der Waals surface area (Å²) in [6.07, 6.45) is 6.47. The van der Waals surface area contributed by atoms with Gasteiger partial charge in [0.05, 0.1) is 6.20 Å². The van der Waals surface area contributed by atoms with Gasteiger partial charge in [-0.05, 0) is 39.2 Å². The van der Waals surface area contributed by atoms with Gasteiger partial charge in [0.2, 0.25) is 5.91 Å². The SMILES string of the molecule is CCCC(CCN)CCC(=O)Nc1ccnn1C(C)C. The number of nitrogens with zero attached hydrogens (tertiary/aromatic N) is 2. The average molecular weight is 280 g/mol.